The van der Waals surface area contributed by atoms with Crippen molar-refractivity contribution in [2.75, 3.05) is 20.3 Å². The van der Waals surface area contributed by atoms with Crippen LogP contribution in [-0.2, 0) is 11.2 Å². The quantitative estimate of drug-likeness (QED) is 0.808. The monoisotopic (exact) mass is 337 g/mol. The summed E-state index contributed by atoms with van der Waals surface area (Å²) in [7, 11) is 1.50. The maximum Gasteiger partial charge on any atom is 0.254 e. The van der Waals surface area contributed by atoms with Gasteiger partial charge in [0.15, 0.2) is 0 Å². The second-order valence-electron chi connectivity index (χ2n) is 5.07. The number of rotatable bonds is 7. The molecule has 1 unspecified atom stereocenters. The number of nitrogens with one attached hydrogen (secondary N) is 1. The molecule has 0 radical (unpaired) electrons. The summed E-state index contributed by atoms with van der Waals surface area (Å²) in [5.41, 5.74) is 2.07. The van der Waals surface area contributed by atoms with Crippen molar-refractivity contribution in [1.29, 1.82) is 0 Å². The van der Waals surface area contributed by atoms with E-state index in [1.807, 2.05) is 19.1 Å². The van der Waals surface area contributed by atoms with E-state index in [1.165, 1.54) is 13.3 Å². The molecule has 1 heterocycles. The molecule has 1 atom stereocenters. The highest BCUT2D eigenvalue weighted by molar-refractivity contribution is 6.30. The van der Waals surface area contributed by atoms with Gasteiger partial charge in [0.2, 0.25) is 0 Å². The molecule has 1 amide bonds. The molecule has 0 saturated carbocycles. The van der Waals surface area contributed by atoms with Crippen molar-refractivity contribution in [2.24, 2.45) is 0 Å². The first kappa shape index (κ1) is 17.5. The smallest absolute Gasteiger partial charge is 0.254 e. The van der Waals surface area contributed by atoms with Crippen molar-refractivity contribution in [3.05, 3.63) is 46.7 Å². The van der Waals surface area contributed by atoms with Crippen LogP contribution in [0.3, 0.4) is 0 Å². The summed E-state index contributed by atoms with van der Waals surface area (Å²) in [6.45, 7) is 2.25. The summed E-state index contributed by atoms with van der Waals surface area (Å²) in [6.07, 6.45) is 1.42. The van der Waals surface area contributed by atoms with Gasteiger partial charge in [-0.3, -0.25) is 4.79 Å². The normalized spacial score (nSPS) is 12.2. The average Bonchev–Trinajstić information content (AvgIpc) is 2.97. The number of ether oxygens (including phenoxy) is 1. The molecule has 0 bridgehead atoms. The van der Waals surface area contributed by atoms with Gasteiger partial charge >= 0.3 is 0 Å². The number of carbonyl (C=O) groups excluding carboxylic acids is 1. The van der Waals surface area contributed by atoms with E-state index in [0.717, 1.165) is 11.4 Å². The second-order valence-corrected chi connectivity index (χ2v) is 5.51. The van der Waals surface area contributed by atoms with Crippen molar-refractivity contribution < 1.29 is 14.6 Å². The highest BCUT2D eigenvalue weighted by Gasteiger charge is 2.18. The SMILES string of the molecule is CCc1c(C(=O)NCC(O)COC)cnn1-c1cccc(Cl)c1. The third-order valence-electron chi connectivity index (χ3n) is 3.36. The summed E-state index contributed by atoms with van der Waals surface area (Å²) < 4.78 is 6.53. The first-order valence-corrected chi connectivity index (χ1v) is 7.72. The molecule has 2 aromatic rings. The van der Waals surface area contributed by atoms with E-state index in [1.54, 1.807) is 16.8 Å². The third-order valence-corrected chi connectivity index (χ3v) is 3.59. The maximum atomic E-state index is 12.3. The standard InChI is InChI=1S/C16H20ClN3O3/c1-3-15-14(16(22)18-8-13(21)10-23-2)9-19-20(15)12-6-4-5-11(17)7-12/h4-7,9,13,21H,3,8,10H2,1-2H3,(H,18,22). The van der Waals surface area contributed by atoms with Crippen LogP contribution < -0.4 is 5.32 Å². The van der Waals surface area contributed by atoms with Crippen molar-refractivity contribution in [2.45, 2.75) is 19.4 Å². The Balaban J connectivity index is 2.19. The van der Waals surface area contributed by atoms with Gasteiger partial charge in [-0.15, -0.1) is 0 Å². The van der Waals surface area contributed by atoms with Crippen LogP contribution in [0.1, 0.15) is 23.0 Å². The van der Waals surface area contributed by atoms with Gasteiger partial charge < -0.3 is 15.2 Å². The molecule has 6 nitrogen and oxygen atoms in total. The Morgan fingerprint density at radius 2 is 2.30 bits per heavy atom. The summed E-state index contributed by atoms with van der Waals surface area (Å²) in [6, 6.07) is 7.28. The van der Waals surface area contributed by atoms with Crippen LogP contribution in [0.5, 0.6) is 0 Å². The van der Waals surface area contributed by atoms with E-state index >= 15 is 0 Å². The van der Waals surface area contributed by atoms with E-state index < -0.39 is 6.10 Å². The zero-order valence-corrected chi connectivity index (χ0v) is 13.9. The van der Waals surface area contributed by atoms with Gasteiger partial charge in [0.05, 0.1) is 35.9 Å². The van der Waals surface area contributed by atoms with E-state index in [0.29, 0.717) is 17.0 Å². The number of aliphatic hydroxyl groups excluding tert-OH is 1. The predicted molar refractivity (Wildman–Crippen MR) is 88.2 cm³/mol. The van der Waals surface area contributed by atoms with Gasteiger partial charge in [-0.05, 0) is 24.6 Å². The second kappa shape index (κ2) is 8.10. The molecule has 2 rings (SSSR count). The number of amides is 1. The lowest BCUT2D eigenvalue weighted by Crippen LogP contribution is -2.34. The van der Waals surface area contributed by atoms with E-state index in [-0.39, 0.29) is 19.1 Å². The van der Waals surface area contributed by atoms with Crippen molar-refractivity contribution in [3.63, 3.8) is 0 Å². The Labute approximate surface area is 140 Å². The Kier molecular flexibility index (Phi) is 6.15. The molecular formula is C16H20ClN3O3. The lowest BCUT2D eigenvalue weighted by molar-refractivity contribution is 0.0609. The molecule has 1 aromatic heterocycles. The average molecular weight is 338 g/mol. The molecule has 0 saturated heterocycles. The number of methoxy groups -OCH3 is 1. The molecule has 0 fully saturated rings. The Morgan fingerprint density at radius 3 is 2.96 bits per heavy atom. The summed E-state index contributed by atoms with van der Waals surface area (Å²) in [5.74, 6) is -0.273. The number of halogens is 1. The molecule has 0 aliphatic heterocycles. The number of hydrogen-bond acceptors (Lipinski definition) is 4. The van der Waals surface area contributed by atoms with Crippen molar-refractivity contribution in [1.82, 2.24) is 15.1 Å². The van der Waals surface area contributed by atoms with Gasteiger partial charge in [0.25, 0.3) is 5.91 Å². The minimum atomic E-state index is -0.739. The Hall–Kier alpha value is -1.89. The molecule has 2 N–H and O–H groups in total. The van der Waals surface area contributed by atoms with Gasteiger partial charge in [0.1, 0.15) is 0 Å². The van der Waals surface area contributed by atoms with Crippen LogP contribution in [-0.4, -0.2) is 47.2 Å². The summed E-state index contributed by atoms with van der Waals surface area (Å²) in [5, 5.41) is 17.2. The number of aliphatic hydroxyl groups is 1. The minimum absolute atomic E-state index is 0.123. The molecule has 0 aliphatic carbocycles. The summed E-state index contributed by atoms with van der Waals surface area (Å²) >= 11 is 6.01. The molecule has 124 valence electrons. The van der Waals surface area contributed by atoms with Crippen LogP contribution in [0, 0.1) is 0 Å². The van der Waals surface area contributed by atoms with Gasteiger partial charge in [-0.1, -0.05) is 24.6 Å². The highest BCUT2D eigenvalue weighted by atomic mass is 35.5. The molecular weight excluding hydrogens is 318 g/mol. The summed E-state index contributed by atoms with van der Waals surface area (Å²) in [4.78, 5) is 12.3. The molecule has 23 heavy (non-hydrogen) atoms. The first-order valence-electron chi connectivity index (χ1n) is 7.34. The third kappa shape index (κ3) is 4.31. The fourth-order valence-electron chi connectivity index (χ4n) is 2.29. The molecule has 7 heteroatoms. The van der Waals surface area contributed by atoms with Gasteiger partial charge in [-0.25, -0.2) is 4.68 Å². The minimum Gasteiger partial charge on any atom is -0.389 e. The molecule has 0 spiro atoms. The fraction of sp³-hybridized carbons (Fsp3) is 0.375. The first-order chi connectivity index (χ1) is 11.1. The number of nitrogens with zero attached hydrogens (tertiary/aromatic N) is 2. The van der Waals surface area contributed by atoms with E-state index in [2.05, 4.69) is 10.4 Å². The molecule has 1 aromatic carbocycles. The van der Waals surface area contributed by atoms with Crippen LogP contribution in [0.2, 0.25) is 5.02 Å². The number of hydrogen-bond donors (Lipinski definition) is 2. The van der Waals surface area contributed by atoms with Gasteiger partial charge in [-0.2, -0.15) is 5.10 Å². The van der Waals surface area contributed by atoms with Crippen LogP contribution in [0.15, 0.2) is 30.5 Å². The number of benzene rings is 1. The Morgan fingerprint density at radius 1 is 1.52 bits per heavy atom. The van der Waals surface area contributed by atoms with Crippen LogP contribution in [0.4, 0.5) is 0 Å². The maximum absolute atomic E-state index is 12.3. The predicted octanol–water partition coefficient (Wildman–Crippen LogP) is 1.83. The molecule has 0 aliphatic rings. The largest absolute Gasteiger partial charge is 0.389 e. The Bertz CT molecular complexity index is 672. The van der Waals surface area contributed by atoms with E-state index in [9.17, 15) is 9.90 Å². The zero-order valence-electron chi connectivity index (χ0n) is 13.1. The fourth-order valence-corrected chi connectivity index (χ4v) is 2.48. The van der Waals surface area contributed by atoms with Crippen molar-refractivity contribution >= 4 is 17.5 Å². The van der Waals surface area contributed by atoms with Crippen molar-refractivity contribution in [3.8, 4) is 5.69 Å². The number of aromatic nitrogens is 2. The van der Waals surface area contributed by atoms with E-state index in [4.69, 9.17) is 16.3 Å². The topological polar surface area (TPSA) is 76.4 Å². The lowest BCUT2D eigenvalue weighted by atomic mass is 10.2. The highest BCUT2D eigenvalue weighted by Crippen LogP contribution is 2.19. The van der Waals surface area contributed by atoms with Gasteiger partial charge in [0, 0.05) is 18.7 Å². The lowest BCUT2D eigenvalue weighted by Gasteiger charge is -2.11. The van der Waals surface area contributed by atoms with Crippen LogP contribution >= 0.6 is 11.6 Å². The number of carbonyl (C=O) groups is 1. The zero-order chi connectivity index (χ0) is 16.8. The van der Waals surface area contributed by atoms with Crippen LogP contribution in [0.25, 0.3) is 5.69 Å².